The lowest BCUT2D eigenvalue weighted by atomic mass is 10.2. The predicted molar refractivity (Wildman–Crippen MR) is 84.1 cm³/mol. The van der Waals surface area contributed by atoms with Crippen LogP contribution in [0.4, 0.5) is 0 Å². The number of aromatic nitrogens is 4. The first-order chi connectivity index (χ1) is 10.8. The number of rotatable bonds is 2. The lowest BCUT2D eigenvalue weighted by Gasteiger charge is -2.22. The van der Waals surface area contributed by atoms with Gasteiger partial charge in [0.15, 0.2) is 0 Å². The minimum atomic E-state index is 0.0584. The third kappa shape index (κ3) is 2.61. The van der Waals surface area contributed by atoms with Gasteiger partial charge in [0.25, 0.3) is 0 Å². The highest BCUT2D eigenvalue weighted by Gasteiger charge is 2.21. The molecule has 4 rings (SSSR count). The SMILES string of the molecule is Brc1c2c(nn1-c1cnn(C3CCCCO3)c1)CCOCC2. The Morgan fingerprint density at radius 2 is 2.09 bits per heavy atom. The van der Waals surface area contributed by atoms with Gasteiger partial charge in [0, 0.05) is 25.0 Å². The van der Waals surface area contributed by atoms with Crippen molar-refractivity contribution in [3.63, 3.8) is 0 Å². The van der Waals surface area contributed by atoms with Crippen molar-refractivity contribution in [1.82, 2.24) is 19.6 Å². The molecule has 22 heavy (non-hydrogen) atoms. The molecule has 7 heteroatoms. The molecule has 118 valence electrons. The maximum atomic E-state index is 5.78. The van der Waals surface area contributed by atoms with Crippen LogP contribution in [0.15, 0.2) is 17.0 Å². The van der Waals surface area contributed by atoms with E-state index in [-0.39, 0.29) is 6.23 Å². The molecule has 0 N–H and O–H groups in total. The molecule has 0 bridgehead atoms. The Labute approximate surface area is 137 Å². The summed E-state index contributed by atoms with van der Waals surface area (Å²) < 4.78 is 16.2. The summed E-state index contributed by atoms with van der Waals surface area (Å²) >= 11 is 3.69. The molecule has 0 aliphatic carbocycles. The molecule has 0 amide bonds. The maximum absolute atomic E-state index is 5.78. The Morgan fingerprint density at radius 3 is 2.95 bits per heavy atom. The number of hydrogen-bond acceptors (Lipinski definition) is 4. The van der Waals surface area contributed by atoms with E-state index in [4.69, 9.17) is 14.6 Å². The Balaban J connectivity index is 1.63. The van der Waals surface area contributed by atoms with Crippen LogP contribution < -0.4 is 0 Å². The normalized spacial score (nSPS) is 22.3. The summed E-state index contributed by atoms with van der Waals surface area (Å²) in [6.07, 6.45) is 9.05. The van der Waals surface area contributed by atoms with Crippen molar-refractivity contribution in [2.24, 2.45) is 0 Å². The predicted octanol–water partition coefficient (Wildman–Crippen LogP) is 2.65. The Bertz CT molecular complexity index is 661. The fraction of sp³-hybridized carbons (Fsp3) is 0.600. The summed E-state index contributed by atoms with van der Waals surface area (Å²) in [7, 11) is 0. The average Bonchev–Trinajstić information content (AvgIpc) is 3.07. The van der Waals surface area contributed by atoms with Gasteiger partial charge in [-0.2, -0.15) is 10.2 Å². The summed E-state index contributed by atoms with van der Waals surface area (Å²) in [6, 6.07) is 0. The molecule has 6 nitrogen and oxygen atoms in total. The molecule has 1 unspecified atom stereocenters. The Hall–Kier alpha value is -1.18. The topological polar surface area (TPSA) is 54.1 Å². The van der Waals surface area contributed by atoms with Crippen LogP contribution in [0.2, 0.25) is 0 Å². The quantitative estimate of drug-likeness (QED) is 0.819. The van der Waals surface area contributed by atoms with Crippen LogP contribution in [-0.2, 0) is 22.3 Å². The van der Waals surface area contributed by atoms with E-state index in [9.17, 15) is 0 Å². The van der Waals surface area contributed by atoms with Crippen molar-refractivity contribution in [3.05, 3.63) is 28.3 Å². The largest absolute Gasteiger partial charge is 0.381 e. The first kappa shape index (κ1) is 14.4. The number of ether oxygens (including phenoxy) is 2. The molecule has 0 aromatic carbocycles. The monoisotopic (exact) mass is 366 g/mol. The lowest BCUT2D eigenvalue weighted by molar-refractivity contribution is -0.0394. The maximum Gasteiger partial charge on any atom is 0.150 e. The van der Waals surface area contributed by atoms with Crippen LogP contribution in [-0.4, -0.2) is 39.4 Å². The van der Waals surface area contributed by atoms with E-state index in [2.05, 4.69) is 21.0 Å². The van der Waals surface area contributed by atoms with Gasteiger partial charge in [-0.05, 0) is 35.2 Å². The van der Waals surface area contributed by atoms with E-state index in [1.54, 1.807) is 0 Å². The van der Waals surface area contributed by atoms with Gasteiger partial charge < -0.3 is 9.47 Å². The van der Waals surface area contributed by atoms with E-state index in [1.165, 1.54) is 12.0 Å². The number of halogens is 1. The summed E-state index contributed by atoms with van der Waals surface area (Å²) in [6.45, 7) is 2.32. The first-order valence-electron chi connectivity index (χ1n) is 7.83. The minimum absolute atomic E-state index is 0.0584. The molecule has 4 heterocycles. The zero-order valence-corrected chi connectivity index (χ0v) is 14.0. The second kappa shape index (κ2) is 6.14. The van der Waals surface area contributed by atoms with Crippen molar-refractivity contribution in [1.29, 1.82) is 0 Å². The number of fused-ring (bicyclic) bond motifs is 1. The van der Waals surface area contributed by atoms with E-state index in [1.807, 2.05) is 21.8 Å². The highest BCUT2D eigenvalue weighted by Crippen LogP contribution is 2.28. The van der Waals surface area contributed by atoms with Crippen molar-refractivity contribution in [2.45, 2.75) is 38.3 Å². The van der Waals surface area contributed by atoms with E-state index >= 15 is 0 Å². The zero-order valence-electron chi connectivity index (χ0n) is 12.4. The van der Waals surface area contributed by atoms with Crippen LogP contribution in [0.25, 0.3) is 5.69 Å². The van der Waals surface area contributed by atoms with Gasteiger partial charge in [0.05, 0.1) is 31.3 Å². The van der Waals surface area contributed by atoms with Gasteiger partial charge >= 0.3 is 0 Å². The third-order valence-electron chi connectivity index (χ3n) is 4.27. The van der Waals surface area contributed by atoms with Gasteiger partial charge in [-0.25, -0.2) is 9.36 Å². The minimum Gasteiger partial charge on any atom is -0.381 e. The molecule has 1 saturated heterocycles. The number of nitrogens with zero attached hydrogens (tertiary/aromatic N) is 4. The van der Waals surface area contributed by atoms with Gasteiger partial charge in [0.1, 0.15) is 16.5 Å². The Kier molecular flexibility index (Phi) is 4.02. The zero-order chi connectivity index (χ0) is 14.9. The second-order valence-corrected chi connectivity index (χ2v) is 6.49. The molecule has 0 radical (unpaired) electrons. The summed E-state index contributed by atoms with van der Waals surface area (Å²) in [4.78, 5) is 0. The van der Waals surface area contributed by atoms with Crippen LogP contribution in [0, 0.1) is 0 Å². The van der Waals surface area contributed by atoms with E-state index in [0.29, 0.717) is 0 Å². The lowest BCUT2D eigenvalue weighted by Crippen LogP contribution is -2.18. The summed E-state index contributed by atoms with van der Waals surface area (Å²) in [5.41, 5.74) is 3.33. The molecule has 2 aliphatic heterocycles. The van der Waals surface area contributed by atoms with Crippen molar-refractivity contribution < 1.29 is 9.47 Å². The molecule has 1 atom stereocenters. The summed E-state index contributed by atoms with van der Waals surface area (Å²) in [5, 5.41) is 9.20. The van der Waals surface area contributed by atoms with Gasteiger partial charge in [-0.15, -0.1) is 0 Å². The van der Waals surface area contributed by atoms with Crippen LogP contribution >= 0.6 is 15.9 Å². The molecule has 2 aliphatic rings. The van der Waals surface area contributed by atoms with Crippen LogP contribution in [0.5, 0.6) is 0 Å². The highest BCUT2D eigenvalue weighted by atomic mass is 79.9. The van der Waals surface area contributed by atoms with E-state index < -0.39 is 0 Å². The van der Waals surface area contributed by atoms with Crippen LogP contribution in [0.1, 0.15) is 36.7 Å². The molecular formula is C15H19BrN4O2. The summed E-state index contributed by atoms with van der Waals surface area (Å²) in [5.74, 6) is 0. The standard InChI is InChI=1S/C15H19BrN4O2/c16-15-12-4-7-21-8-5-13(12)18-20(15)11-9-17-19(10-11)14-3-1-2-6-22-14/h9-10,14H,1-8H2. The molecule has 1 fully saturated rings. The molecule has 2 aromatic rings. The average molecular weight is 367 g/mol. The fourth-order valence-electron chi connectivity index (χ4n) is 3.06. The van der Waals surface area contributed by atoms with Crippen LogP contribution in [0.3, 0.4) is 0 Å². The van der Waals surface area contributed by atoms with Gasteiger partial charge in [-0.1, -0.05) is 0 Å². The molecule has 0 saturated carbocycles. The first-order valence-corrected chi connectivity index (χ1v) is 8.62. The van der Waals surface area contributed by atoms with Gasteiger partial charge in [-0.3, -0.25) is 0 Å². The fourth-order valence-corrected chi connectivity index (χ4v) is 3.77. The number of hydrogen-bond donors (Lipinski definition) is 0. The van der Waals surface area contributed by atoms with E-state index in [0.717, 1.165) is 61.5 Å². The second-order valence-electron chi connectivity index (χ2n) is 5.74. The van der Waals surface area contributed by atoms with Crippen molar-refractivity contribution in [2.75, 3.05) is 19.8 Å². The highest BCUT2D eigenvalue weighted by molar-refractivity contribution is 9.10. The molecular weight excluding hydrogens is 348 g/mol. The third-order valence-corrected chi connectivity index (χ3v) is 5.08. The van der Waals surface area contributed by atoms with Crippen molar-refractivity contribution >= 4 is 15.9 Å². The molecule has 0 spiro atoms. The van der Waals surface area contributed by atoms with Crippen molar-refractivity contribution in [3.8, 4) is 5.69 Å². The smallest absolute Gasteiger partial charge is 0.150 e. The van der Waals surface area contributed by atoms with Gasteiger partial charge in [0.2, 0.25) is 0 Å². The molecule has 2 aromatic heterocycles. The Morgan fingerprint density at radius 1 is 1.18 bits per heavy atom.